The van der Waals surface area contributed by atoms with E-state index in [-0.39, 0.29) is 5.56 Å². The SMILES string of the molecule is Cc1ccccc1CCNc1ccc(C(=O)O)cc1Br. The minimum atomic E-state index is -0.919. The summed E-state index contributed by atoms with van der Waals surface area (Å²) in [5, 5.41) is 12.2. The van der Waals surface area contributed by atoms with E-state index in [0.717, 1.165) is 23.1 Å². The Morgan fingerprint density at radius 1 is 1.25 bits per heavy atom. The minimum Gasteiger partial charge on any atom is -0.478 e. The number of carbonyl (C=O) groups is 1. The number of hydrogen-bond acceptors (Lipinski definition) is 2. The Morgan fingerprint density at radius 2 is 2.00 bits per heavy atom. The molecule has 2 aromatic carbocycles. The first-order valence-electron chi connectivity index (χ1n) is 6.39. The van der Waals surface area contributed by atoms with Gasteiger partial charge in [-0.1, -0.05) is 24.3 Å². The summed E-state index contributed by atoms with van der Waals surface area (Å²) < 4.78 is 0.766. The second-order valence-electron chi connectivity index (χ2n) is 4.60. The van der Waals surface area contributed by atoms with Crippen LogP contribution < -0.4 is 5.32 Å². The van der Waals surface area contributed by atoms with Gasteiger partial charge in [0.15, 0.2) is 0 Å². The average Bonchev–Trinajstić information content (AvgIpc) is 2.42. The summed E-state index contributed by atoms with van der Waals surface area (Å²) in [4.78, 5) is 10.9. The van der Waals surface area contributed by atoms with E-state index in [1.807, 2.05) is 12.1 Å². The highest BCUT2D eigenvalue weighted by Gasteiger charge is 2.06. The molecule has 104 valence electrons. The van der Waals surface area contributed by atoms with Crippen LogP contribution in [0.1, 0.15) is 21.5 Å². The Hall–Kier alpha value is -1.81. The smallest absolute Gasteiger partial charge is 0.335 e. The zero-order valence-corrected chi connectivity index (χ0v) is 12.8. The highest BCUT2D eigenvalue weighted by Crippen LogP contribution is 2.23. The maximum absolute atomic E-state index is 10.9. The van der Waals surface area contributed by atoms with Crippen molar-refractivity contribution in [1.82, 2.24) is 0 Å². The summed E-state index contributed by atoms with van der Waals surface area (Å²) >= 11 is 3.39. The van der Waals surface area contributed by atoms with Crippen LogP contribution in [0.2, 0.25) is 0 Å². The van der Waals surface area contributed by atoms with E-state index >= 15 is 0 Å². The third-order valence-electron chi connectivity index (χ3n) is 3.19. The lowest BCUT2D eigenvalue weighted by molar-refractivity contribution is 0.0697. The monoisotopic (exact) mass is 333 g/mol. The van der Waals surface area contributed by atoms with Gasteiger partial charge in [0.25, 0.3) is 0 Å². The fourth-order valence-corrected chi connectivity index (χ4v) is 2.53. The van der Waals surface area contributed by atoms with Crippen LogP contribution in [0.5, 0.6) is 0 Å². The summed E-state index contributed by atoms with van der Waals surface area (Å²) in [6, 6.07) is 13.3. The number of aryl methyl sites for hydroxylation is 1. The summed E-state index contributed by atoms with van der Waals surface area (Å²) in [7, 11) is 0. The van der Waals surface area contributed by atoms with E-state index in [4.69, 9.17) is 5.11 Å². The molecule has 0 saturated heterocycles. The molecular weight excluding hydrogens is 318 g/mol. The summed E-state index contributed by atoms with van der Waals surface area (Å²) in [6.45, 7) is 2.91. The zero-order valence-electron chi connectivity index (χ0n) is 11.2. The molecule has 4 heteroatoms. The number of benzene rings is 2. The predicted octanol–water partition coefficient (Wildman–Crippen LogP) is 4.11. The van der Waals surface area contributed by atoms with Crippen molar-refractivity contribution in [2.45, 2.75) is 13.3 Å². The molecule has 0 radical (unpaired) electrons. The quantitative estimate of drug-likeness (QED) is 0.865. The molecule has 2 aromatic rings. The van der Waals surface area contributed by atoms with Gasteiger partial charge < -0.3 is 10.4 Å². The standard InChI is InChI=1S/C16H16BrNO2/c1-11-4-2-3-5-12(11)8-9-18-15-7-6-13(16(19)20)10-14(15)17/h2-7,10,18H,8-9H2,1H3,(H,19,20). The molecule has 0 unspecified atom stereocenters. The molecule has 0 saturated carbocycles. The van der Waals surface area contributed by atoms with Gasteiger partial charge in [-0.05, 0) is 58.6 Å². The van der Waals surface area contributed by atoms with Crippen LogP contribution in [-0.4, -0.2) is 17.6 Å². The highest BCUT2D eigenvalue weighted by atomic mass is 79.9. The first-order chi connectivity index (χ1) is 9.58. The Kier molecular flexibility index (Phi) is 4.79. The van der Waals surface area contributed by atoms with Gasteiger partial charge in [0.2, 0.25) is 0 Å². The number of aromatic carboxylic acids is 1. The van der Waals surface area contributed by atoms with Crippen molar-refractivity contribution in [3.63, 3.8) is 0 Å². The van der Waals surface area contributed by atoms with E-state index in [1.54, 1.807) is 18.2 Å². The van der Waals surface area contributed by atoms with Gasteiger partial charge in [-0.25, -0.2) is 4.79 Å². The third-order valence-corrected chi connectivity index (χ3v) is 3.84. The Bertz CT molecular complexity index is 626. The first-order valence-corrected chi connectivity index (χ1v) is 7.18. The lowest BCUT2D eigenvalue weighted by Gasteiger charge is -2.10. The molecule has 0 amide bonds. The fraction of sp³-hybridized carbons (Fsp3) is 0.188. The number of hydrogen-bond donors (Lipinski definition) is 2. The van der Waals surface area contributed by atoms with Crippen molar-refractivity contribution >= 4 is 27.6 Å². The molecule has 0 bridgehead atoms. The van der Waals surface area contributed by atoms with Crippen LogP contribution in [0.25, 0.3) is 0 Å². The van der Waals surface area contributed by atoms with E-state index in [0.29, 0.717) is 0 Å². The van der Waals surface area contributed by atoms with Crippen LogP contribution in [-0.2, 0) is 6.42 Å². The maximum atomic E-state index is 10.9. The third kappa shape index (κ3) is 3.61. The lowest BCUT2D eigenvalue weighted by Crippen LogP contribution is -2.07. The lowest BCUT2D eigenvalue weighted by atomic mass is 10.1. The molecule has 0 aliphatic carbocycles. The van der Waals surface area contributed by atoms with Crippen LogP contribution >= 0.6 is 15.9 Å². The second-order valence-corrected chi connectivity index (χ2v) is 5.46. The van der Waals surface area contributed by atoms with Crippen molar-refractivity contribution in [2.24, 2.45) is 0 Å². The van der Waals surface area contributed by atoms with E-state index < -0.39 is 5.97 Å². The number of halogens is 1. The molecule has 0 spiro atoms. The normalized spacial score (nSPS) is 10.3. The highest BCUT2D eigenvalue weighted by molar-refractivity contribution is 9.10. The summed E-state index contributed by atoms with van der Waals surface area (Å²) in [6.07, 6.45) is 0.930. The van der Waals surface area contributed by atoms with Crippen LogP contribution in [0.4, 0.5) is 5.69 Å². The predicted molar refractivity (Wildman–Crippen MR) is 84.5 cm³/mol. The van der Waals surface area contributed by atoms with Crippen molar-refractivity contribution < 1.29 is 9.90 Å². The van der Waals surface area contributed by atoms with Crippen LogP contribution in [0, 0.1) is 6.92 Å². The summed E-state index contributed by atoms with van der Waals surface area (Å²) in [5.74, 6) is -0.919. The van der Waals surface area contributed by atoms with Gasteiger partial charge >= 0.3 is 5.97 Å². The molecule has 0 aliphatic rings. The second kappa shape index (κ2) is 6.57. The van der Waals surface area contributed by atoms with Crippen LogP contribution in [0.15, 0.2) is 46.9 Å². The number of carboxylic acid groups (broad SMARTS) is 1. The maximum Gasteiger partial charge on any atom is 0.335 e. The van der Waals surface area contributed by atoms with Gasteiger partial charge in [0, 0.05) is 16.7 Å². The molecule has 0 fully saturated rings. The Balaban J connectivity index is 1.98. The van der Waals surface area contributed by atoms with Crippen molar-refractivity contribution in [3.8, 4) is 0 Å². The van der Waals surface area contributed by atoms with E-state index in [2.05, 4.69) is 40.3 Å². The number of rotatable bonds is 5. The molecule has 20 heavy (non-hydrogen) atoms. The van der Waals surface area contributed by atoms with Crippen molar-refractivity contribution in [2.75, 3.05) is 11.9 Å². The number of anilines is 1. The van der Waals surface area contributed by atoms with Gasteiger partial charge in [-0.15, -0.1) is 0 Å². The van der Waals surface area contributed by atoms with Crippen LogP contribution in [0.3, 0.4) is 0 Å². The zero-order chi connectivity index (χ0) is 14.5. The minimum absolute atomic E-state index is 0.279. The Morgan fingerprint density at radius 3 is 2.65 bits per heavy atom. The Labute approximate surface area is 126 Å². The molecular formula is C16H16BrNO2. The number of nitrogens with one attached hydrogen (secondary N) is 1. The van der Waals surface area contributed by atoms with Gasteiger partial charge in [-0.2, -0.15) is 0 Å². The van der Waals surface area contributed by atoms with Gasteiger partial charge in [-0.3, -0.25) is 0 Å². The molecule has 0 atom stereocenters. The first kappa shape index (κ1) is 14.6. The van der Waals surface area contributed by atoms with E-state index in [1.165, 1.54) is 11.1 Å². The average molecular weight is 334 g/mol. The topological polar surface area (TPSA) is 49.3 Å². The molecule has 0 heterocycles. The molecule has 2 N–H and O–H groups in total. The number of carboxylic acids is 1. The van der Waals surface area contributed by atoms with Gasteiger partial charge in [0.05, 0.1) is 5.56 Å². The van der Waals surface area contributed by atoms with Crippen molar-refractivity contribution in [1.29, 1.82) is 0 Å². The molecule has 2 rings (SSSR count). The molecule has 0 aromatic heterocycles. The largest absolute Gasteiger partial charge is 0.478 e. The summed E-state index contributed by atoms with van der Waals surface area (Å²) in [5.41, 5.74) is 3.79. The van der Waals surface area contributed by atoms with E-state index in [9.17, 15) is 4.79 Å². The molecule has 0 aliphatic heterocycles. The van der Waals surface area contributed by atoms with Gasteiger partial charge in [0.1, 0.15) is 0 Å². The molecule has 3 nitrogen and oxygen atoms in total. The van der Waals surface area contributed by atoms with Crippen molar-refractivity contribution in [3.05, 3.63) is 63.6 Å². The fourth-order valence-electron chi connectivity index (χ4n) is 2.01.